The van der Waals surface area contributed by atoms with Gasteiger partial charge < -0.3 is 0 Å². The number of hydrogen-bond acceptors (Lipinski definition) is 4. The number of hydrogen-bond donors (Lipinski definition) is 0. The van der Waals surface area contributed by atoms with Crippen molar-refractivity contribution in [3.8, 4) is 0 Å². The van der Waals surface area contributed by atoms with E-state index in [1.54, 1.807) is 6.92 Å². The smallest absolute Gasteiger partial charge is 0.249 e. The first-order chi connectivity index (χ1) is 5.53. The predicted octanol–water partition coefficient (Wildman–Crippen LogP) is 0.0973. The zero-order valence-corrected chi connectivity index (χ0v) is 7.25. The van der Waals surface area contributed by atoms with Crippen LogP contribution in [0.2, 0.25) is 0 Å². The van der Waals surface area contributed by atoms with Gasteiger partial charge in [-0.25, -0.2) is 9.67 Å². The van der Waals surface area contributed by atoms with Crippen LogP contribution in [0, 0.1) is 0 Å². The van der Waals surface area contributed by atoms with Crippen LogP contribution in [-0.2, 0) is 22.5 Å². The predicted molar refractivity (Wildman–Crippen MR) is 39.4 cm³/mol. The summed E-state index contributed by atoms with van der Waals surface area (Å²) in [4.78, 5) is 3.61. The third-order valence-electron chi connectivity index (χ3n) is 1.30. The molecule has 0 aliphatic heterocycles. The summed E-state index contributed by atoms with van der Waals surface area (Å²) in [6, 6.07) is 0. The summed E-state index contributed by atoms with van der Waals surface area (Å²) >= 11 is 0. The van der Waals surface area contributed by atoms with Crippen molar-refractivity contribution in [1.82, 2.24) is 14.8 Å². The zero-order valence-electron chi connectivity index (χ0n) is 6.44. The molecule has 0 fully saturated rings. The maximum Gasteiger partial charge on any atom is 0.309 e. The molecule has 0 spiro atoms. The Kier molecular flexibility index (Phi) is 2.41. The Labute approximate surface area is 69.4 Å². The molecule has 1 aromatic heterocycles. The lowest BCUT2D eigenvalue weighted by Gasteiger charge is -1.98. The van der Waals surface area contributed by atoms with E-state index in [2.05, 4.69) is 10.1 Å². The van der Waals surface area contributed by atoms with Crippen molar-refractivity contribution in [2.24, 2.45) is 0 Å². The van der Waals surface area contributed by atoms with Crippen LogP contribution in [0.15, 0.2) is 6.33 Å². The quantitative estimate of drug-likeness (QED) is 0.638. The molecule has 1 heterocycles. The van der Waals surface area contributed by atoms with Crippen LogP contribution in [-0.4, -0.2) is 23.2 Å². The number of rotatable bonds is 3. The lowest BCUT2D eigenvalue weighted by molar-refractivity contribution is 0.543. The summed E-state index contributed by atoms with van der Waals surface area (Å²) in [6.45, 7) is 2.24. The van der Waals surface area contributed by atoms with Gasteiger partial charge in [0.05, 0.1) is 0 Å². The van der Waals surface area contributed by atoms with Crippen LogP contribution in [0.4, 0.5) is 3.89 Å². The first kappa shape index (κ1) is 9.11. The van der Waals surface area contributed by atoms with E-state index < -0.39 is 16.0 Å². The molecule has 12 heavy (non-hydrogen) atoms. The highest BCUT2D eigenvalue weighted by molar-refractivity contribution is 7.85. The fourth-order valence-electron chi connectivity index (χ4n) is 0.818. The van der Waals surface area contributed by atoms with E-state index in [1.165, 1.54) is 11.0 Å². The molecule has 68 valence electrons. The SMILES string of the molecule is CCn1ncnc1CS(=O)(=O)F. The van der Waals surface area contributed by atoms with Crippen LogP contribution in [0.1, 0.15) is 12.7 Å². The molecule has 1 aromatic rings. The second kappa shape index (κ2) is 3.18. The lowest BCUT2D eigenvalue weighted by atomic mass is 10.6. The Hall–Kier alpha value is -0.980. The van der Waals surface area contributed by atoms with Crippen molar-refractivity contribution in [3.05, 3.63) is 12.2 Å². The second-order valence-electron chi connectivity index (χ2n) is 2.18. The molecule has 1 rings (SSSR count). The van der Waals surface area contributed by atoms with E-state index >= 15 is 0 Å². The molecule has 0 N–H and O–H groups in total. The molecule has 0 unspecified atom stereocenters. The number of aromatic nitrogens is 3. The molecule has 0 saturated heterocycles. The molecule has 0 atom stereocenters. The molecule has 0 aromatic carbocycles. The van der Waals surface area contributed by atoms with Gasteiger partial charge in [-0.1, -0.05) is 0 Å². The average Bonchev–Trinajstić information content (AvgIpc) is 2.31. The zero-order chi connectivity index (χ0) is 9.19. The van der Waals surface area contributed by atoms with Gasteiger partial charge in [-0.2, -0.15) is 13.5 Å². The van der Waals surface area contributed by atoms with E-state index in [-0.39, 0.29) is 5.82 Å². The number of aryl methyl sites for hydroxylation is 1. The summed E-state index contributed by atoms with van der Waals surface area (Å²) in [5, 5.41) is 3.69. The monoisotopic (exact) mass is 193 g/mol. The van der Waals surface area contributed by atoms with E-state index in [9.17, 15) is 12.3 Å². The fraction of sp³-hybridized carbons (Fsp3) is 0.600. The molecule has 0 aliphatic carbocycles. The summed E-state index contributed by atoms with van der Waals surface area (Å²) in [7, 11) is -4.50. The molecular formula is C5H8FN3O2S. The molecule has 0 aliphatic rings. The van der Waals surface area contributed by atoms with Crippen molar-refractivity contribution in [3.63, 3.8) is 0 Å². The van der Waals surface area contributed by atoms with Crippen molar-refractivity contribution in [1.29, 1.82) is 0 Å². The van der Waals surface area contributed by atoms with Gasteiger partial charge in [0.25, 0.3) is 0 Å². The normalized spacial score (nSPS) is 11.8. The highest BCUT2D eigenvalue weighted by Crippen LogP contribution is 2.03. The van der Waals surface area contributed by atoms with Crippen molar-refractivity contribution in [2.75, 3.05) is 0 Å². The third-order valence-corrected chi connectivity index (χ3v) is 1.90. The minimum absolute atomic E-state index is 0.125. The highest BCUT2D eigenvalue weighted by atomic mass is 32.3. The minimum atomic E-state index is -4.50. The molecule has 0 bridgehead atoms. The van der Waals surface area contributed by atoms with Gasteiger partial charge in [0.15, 0.2) is 0 Å². The first-order valence-electron chi connectivity index (χ1n) is 3.32. The van der Waals surface area contributed by atoms with E-state index in [0.29, 0.717) is 6.54 Å². The summed E-state index contributed by atoms with van der Waals surface area (Å²) in [5.41, 5.74) is 0. The van der Waals surface area contributed by atoms with Crippen molar-refractivity contribution >= 4 is 10.2 Å². The van der Waals surface area contributed by atoms with Gasteiger partial charge in [-0.05, 0) is 6.92 Å². The maximum atomic E-state index is 12.2. The summed E-state index contributed by atoms with van der Waals surface area (Å²) in [6.07, 6.45) is 1.20. The largest absolute Gasteiger partial charge is 0.309 e. The van der Waals surface area contributed by atoms with Crippen LogP contribution in [0.25, 0.3) is 0 Å². The Bertz CT molecular complexity index is 359. The lowest BCUT2D eigenvalue weighted by Crippen LogP contribution is -2.07. The van der Waals surface area contributed by atoms with Crippen LogP contribution in [0.3, 0.4) is 0 Å². The van der Waals surface area contributed by atoms with Crippen molar-refractivity contribution in [2.45, 2.75) is 19.2 Å². The molecule has 0 radical (unpaired) electrons. The van der Waals surface area contributed by atoms with Crippen LogP contribution >= 0.6 is 0 Å². The highest BCUT2D eigenvalue weighted by Gasteiger charge is 2.13. The van der Waals surface area contributed by atoms with Gasteiger partial charge in [0, 0.05) is 6.54 Å². The molecular weight excluding hydrogens is 185 g/mol. The summed E-state index contributed by atoms with van der Waals surface area (Å²) < 4.78 is 33.9. The first-order valence-corrected chi connectivity index (χ1v) is 4.87. The molecule has 7 heteroatoms. The molecule has 0 saturated carbocycles. The van der Waals surface area contributed by atoms with Crippen molar-refractivity contribution < 1.29 is 12.3 Å². The van der Waals surface area contributed by atoms with Gasteiger partial charge in [0.2, 0.25) is 0 Å². The minimum Gasteiger partial charge on any atom is -0.249 e. The Morgan fingerprint density at radius 3 is 2.83 bits per heavy atom. The van der Waals surface area contributed by atoms with Gasteiger partial charge in [-0.15, -0.1) is 3.89 Å². The topological polar surface area (TPSA) is 64.8 Å². The average molecular weight is 193 g/mol. The van der Waals surface area contributed by atoms with Gasteiger partial charge in [0.1, 0.15) is 17.9 Å². The Balaban J connectivity index is 2.89. The number of nitrogens with zero attached hydrogens (tertiary/aromatic N) is 3. The Morgan fingerprint density at radius 2 is 2.33 bits per heavy atom. The van der Waals surface area contributed by atoms with Crippen LogP contribution < -0.4 is 0 Å². The van der Waals surface area contributed by atoms with Crippen LogP contribution in [0.5, 0.6) is 0 Å². The summed E-state index contributed by atoms with van der Waals surface area (Å²) in [5.74, 6) is -0.582. The Morgan fingerprint density at radius 1 is 1.67 bits per heavy atom. The van der Waals surface area contributed by atoms with E-state index in [1.807, 2.05) is 0 Å². The van der Waals surface area contributed by atoms with E-state index in [4.69, 9.17) is 0 Å². The van der Waals surface area contributed by atoms with Gasteiger partial charge in [-0.3, -0.25) is 0 Å². The molecule has 0 amide bonds. The van der Waals surface area contributed by atoms with Gasteiger partial charge >= 0.3 is 10.2 Å². The fourth-order valence-corrected chi connectivity index (χ4v) is 1.35. The number of halogens is 1. The maximum absolute atomic E-state index is 12.2. The third kappa shape index (κ3) is 2.26. The molecule has 5 nitrogen and oxygen atoms in total. The second-order valence-corrected chi connectivity index (χ2v) is 3.54. The standard InChI is InChI=1S/C5H8FN3O2S/c1-2-9-5(7-4-8-9)3-12(6,10)11/h4H,2-3H2,1H3. The van der Waals surface area contributed by atoms with E-state index in [0.717, 1.165) is 0 Å².